The van der Waals surface area contributed by atoms with Crippen molar-refractivity contribution in [3.8, 4) is 0 Å². The van der Waals surface area contributed by atoms with E-state index < -0.39 is 0 Å². The second-order valence-electron chi connectivity index (χ2n) is 5.88. The quantitative estimate of drug-likeness (QED) is 0.736. The van der Waals surface area contributed by atoms with E-state index in [-0.39, 0.29) is 5.56 Å². The monoisotopic (exact) mass is 310 g/mol. The van der Waals surface area contributed by atoms with Crippen LogP contribution in [0.4, 0.5) is 0 Å². The molecule has 22 heavy (non-hydrogen) atoms. The number of hydrogen-bond acceptors (Lipinski definition) is 2. The van der Waals surface area contributed by atoms with Gasteiger partial charge in [-0.2, -0.15) is 0 Å². The van der Waals surface area contributed by atoms with E-state index in [4.69, 9.17) is 11.6 Å². The zero-order chi connectivity index (χ0) is 15.1. The number of benzene rings is 2. The molecule has 1 heterocycles. The van der Waals surface area contributed by atoms with Crippen LogP contribution in [0.5, 0.6) is 0 Å². The van der Waals surface area contributed by atoms with Gasteiger partial charge < -0.3 is 0 Å². The van der Waals surface area contributed by atoms with E-state index in [0.29, 0.717) is 27.8 Å². The molecule has 0 bridgehead atoms. The van der Waals surface area contributed by atoms with Crippen molar-refractivity contribution in [3.63, 3.8) is 0 Å². The highest BCUT2D eigenvalue weighted by Gasteiger charge is 2.38. The van der Waals surface area contributed by atoms with Crippen LogP contribution in [0.25, 0.3) is 10.9 Å². The van der Waals surface area contributed by atoms with E-state index in [1.54, 1.807) is 29.1 Å². The van der Waals surface area contributed by atoms with E-state index in [0.717, 1.165) is 13.0 Å². The minimum atomic E-state index is 0.0142. The van der Waals surface area contributed by atoms with Crippen LogP contribution >= 0.6 is 11.6 Å². The molecule has 0 spiro atoms. The predicted molar refractivity (Wildman–Crippen MR) is 88.3 cm³/mol. The van der Waals surface area contributed by atoms with Gasteiger partial charge in [0.2, 0.25) is 0 Å². The number of nitrogens with zero attached hydrogens (tertiary/aromatic N) is 2. The average Bonchev–Trinajstić information content (AvgIpc) is 3.30. The third kappa shape index (κ3) is 2.42. The first kappa shape index (κ1) is 13.5. The summed E-state index contributed by atoms with van der Waals surface area (Å²) in [6.07, 6.45) is 2.77. The second-order valence-corrected chi connectivity index (χ2v) is 6.31. The predicted octanol–water partition coefficient (Wildman–Crippen LogP) is 3.85. The fraction of sp³-hybridized carbons (Fsp3) is 0.222. The summed E-state index contributed by atoms with van der Waals surface area (Å²) in [5.41, 5.74) is 2.03. The molecule has 1 aromatic heterocycles. The smallest absolute Gasteiger partial charge is 0.261 e. The molecule has 2 aromatic carbocycles. The summed E-state index contributed by atoms with van der Waals surface area (Å²) in [6.45, 7) is 0.726. The van der Waals surface area contributed by atoms with Gasteiger partial charge in [-0.3, -0.25) is 9.36 Å². The molecule has 1 aliphatic carbocycles. The molecule has 4 heteroatoms. The first-order valence-electron chi connectivity index (χ1n) is 7.42. The Labute approximate surface area is 133 Å². The fourth-order valence-electron chi connectivity index (χ4n) is 3.07. The number of hydrogen-bond donors (Lipinski definition) is 0. The molecule has 4 rings (SSSR count). The summed E-state index contributed by atoms with van der Waals surface area (Å²) in [6, 6.07) is 15.7. The van der Waals surface area contributed by atoms with Crippen molar-refractivity contribution in [2.24, 2.45) is 5.92 Å². The van der Waals surface area contributed by atoms with E-state index >= 15 is 0 Å². The maximum Gasteiger partial charge on any atom is 0.261 e. The summed E-state index contributed by atoms with van der Waals surface area (Å²) >= 11 is 5.94. The first-order chi connectivity index (χ1) is 10.7. The summed E-state index contributed by atoms with van der Waals surface area (Å²) in [5.74, 6) is 1.08. The fourth-order valence-corrected chi connectivity index (χ4v) is 3.24. The average molecular weight is 311 g/mol. The molecule has 1 saturated carbocycles. The molecule has 3 nitrogen and oxygen atoms in total. The maximum absolute atomic E-state index is 12.5. The third-order valence-electron chi connectivity index (χ3n) is 4.37. The molecule has 0 radical (unpaired) electrons. The van der Waals surface area contributed by atoms with Gasteiger partial charge in [-0.25, -0.2) is 4.98 Å². The van der Waals surface area contributed by atoms with Gasteiger partial charge >= 0.3 is 0 Å². The number of rotatable bonds is 3. The Morgan fingerprint density at radius 2 is 2.00 bits per heavy atom. The van der Waals surface area contributed by atoms with E-state index in [1.165, 1.54) is 5.56 Å². The molecule has 1 aliphatic rings. The van der Waals surface area contributed by atoms with Gasteiger partial charge in [-0.1, -0.05) is 41.9 Å². The summed E-state index contributed by atoms with van der Waals surface area (Å²) in [4.78, 5) is 16.9. The summed E-state index contributed by atoms with van der Waals surface area (Å²) < 4.78 is 1.73. The van der Waals surface area contributed by atoms with Gasteiger partial charge in [0.05, 0.1) is 17.2 Å². The molecule has 0 N–H and O–H groups in total. The van der Waals surface area contributed by atoms with Crippen LogP contribution in [0.1, 0.15) is 17.9 Å². The minimum absolute atomic E-state index is 0.0142. The van der Waals surface area contributed by atoms with Gasteiger partial charge in [-0.05, 0) is 42.0 Å². The molecule has 110 valence electrons. The normalized spacial score (nSPS) is 20.2. The van der Waals surface area contributed by atoms with Gasteiger partial charge in [0, 0.05) is 11.6 Å². The van der Waals surface area contributed by atoms with Gasteiger partial charge in [0.15, 0.2) is 0 Å². The van der Waals surface area contributed by atoms with Crippen molar-refractivity contribution in [2.45, 2.75) is 18.9 Å². The molecule has 0 saturated heterocycles. The van der Waals surface area contributed by atoms with Crippen LogP contribution in [-0.4, -0.2) is 9.55 Å². The third-order valence-corrected chi connectivity index (χ3v) is 4.60. The lowest BCUT2D eigenvalue weighted by Crippen LogP contribution is -2.21. The molecule has 3 aromatic rings. The topological polar surface area (TPSA) is 34.9 Å². The lowest BCUT2D eigenvalue weighted by atomic mass is 10.1. The standard InChI is InChI=1S/C18H15ClN2O/c19-14-6-7-15-17(9-14)20-11-21(18(15)22)10-13-8-16(13)12-4-2-1-3-5-12/h1-7,9,11,13,16H,8,10H2/t13-,16-/m0/s1. The maximum atomic E-state index is 12.5. The van der Waals surface area contributed by atoms with Gasteiger partial charge in [-0.15, -0.1) is 0 Å². The SMILES string of the molecule is O=c1c2ccc(Cl)cc2ncn1C[C@@H]1C[C@H]1c1ccccc1. The van der Waals surface area contributed by atoms with Crippen molar-refractivity contribution in [1.29, 1.82) is 0 Å². The van der Waals surface area contributed by atoms with E-state index in [9.17, 15) is 4.79 Å². The van der Waals surface area contributed by atoms with Crippen LogP contribution in [0, 0.1) is 5.92 Å². The Morgan fingerprint density at radius 3 is 2.82 bits per heavy atom. The Morgan fingerprint density at radius 1 is 1.18 bits per heavy atom. The van der Waals surface area contributed by atoms with Crippen LogP contribution in [0.2, 0.25) is 5.02 Å². The molecule has 0 amide bonds. The van der Waals surface area contributed by atoms with Crippen molar-refractivity contribution in [2.75, 3.05) is 0 Å². The molecule has 0 aliphatic heterocycles. The van der Waals surface area contributed by atoms with Crippen LogP contribution in [-0.2, 0) is 6.54 Å². The molecular weight excluding hydrogens is 296 g/mol. The van der Waals surface area contributed by atoms with Gasteiger partial charge in [0.1, 0.15) is 0 Å². The van der Waals surface area contributed by atoms with Crippen molar-refractivity contribution in [3.05, 3.63) is 75.8 Å². The highest BCUT2D eigenvalue weighted by atomic mass is 35.5. The zero-order valence-corrected chi connectivity index (χ0v) is 12.7. The van der Waals surface area contributed by atoms with Crippen LogP contribution < -0.4 is 5.56 Å². The van der Waals surface area contributed by atoms with E-state index in [2.05, 4.69) is 29.2 Å². The van der Waals surface area contributed by atoms with Crippen molar-refractivity contribution >= 4 is 22.5 Å². The largest absolute Gasteiger partial charge is 0.298 e. The highest BCUT2D eigenvalue weighted by Crippen LogP contribution is 2.48. The number of halogens is 1. The van der Waals surface area contributed by atoms with Crippen LogP contribution in [0.15, 0.2) is 59.7 Å². The number of fused-ring (bicyclic) bond motifs is 1. The summed E-state index contributed by atoms with van der Waals surface area (Å²) in [5, 5.41) is 1.23. The molecule has 1 fully saturated rings. The van der Waals surface area contributed by atoms with Crippen LogP contribution in [0.3, 0.4) is 0 Å². The minimum Gasteiger partial charge on any atom is -0.298 e. The Bertz CT molecular complexity index is 888. The Kier molecular flexibility index (Phi) is 3.23. The zero-order valence-electron chi connectivity index (χ0n) is 11.9. The second kappa shape index (κ2) is 5.25. The molecule has 0 unspecified atom stereocenters. The van der Waals surface area contributed by atoms with Crippen molar-refractivity contribution in [1.82, 2.24) is 9.55 Å². The molecule has 2 atom stereocenters. The molecular formula is C18H15ClN2O. The number of aromatic nitrogens is 2. The van der Waals surface area contributed by atoms with Crippen molar-refractivity contribution < 1.29 is 0 Å². The van der Waals surface area contributed by atoms with Gasteiger partial charge in [0.25, 0.3) is 5.56 Å². The Hall–Kier alpha value is -2.13. The Balaban J connectivity index is 1.60. The lowest BCUT2D eigenvalue weighted by Gasteiger charge is -2.06. The lowest BCUT2D eigenvalue weighted by molar-refractivity contribution is 0.589. The first-order valence-corrected chi connectivity index (χ1v) is 7.80. The summed E-state index contributed by atoms with van der Waals surface area (Å²) in [7, 11) is 0. The van der Waals surface area contributed by atoms with E-state index in [1.807, 2.05) is 6.07 Å². The highest BCUT2D eigenvalue weighted by molar-refractivity contribution is 6.31.